The molecule has 14 heavy (non-hydrogen) atoms. The predicted molar refractivity (Wildman–Crippen MR) is 57.0 cm³/mol. The van der Waals surface area contributed by atoms with Crippen LogP contribution in [0.3, 0.4) is 0 Å². The Morgan fingerprint density at radius 3 is 2.50 bits per heavy atom. The lowest BCUT2D eigenvalue weighted by Crippen LogP contribution is -2.09. The Morgan fingerprint density at radius 2 is 2.07 bits per heavy atom. The van der Waals surface area contributed by atoms with Crippen LogP contribution >= 0.6 is 0 Å². The Bertz CT molecular complexity index is 320. The van der Waals surface area contributed by atoms with Crippen LogP contribution in [0, 0.1) is 0 Å². The highest BCUT2D eigenvalue weighted by Crippen LogP contribution is 2.25. The standard InChI is InChI=1S/C10H17N3O/c1-10(2,3)8-6-9(12-14-8)11-7-13(4)5/h6-7H,1-5H3. The van der Waals surface area contributed by atoms with Crippen molar-refractivity contribution in [2.24, 2.45) is 4.99 Å². The summed E-state index contributed by atoms with van der Waals surface area (Å²) in [6, 6.07) is 1.86. The number of rotatable bonds is 2. The molecule has 4 nitrogen and oxygen atoms in total. The highest BCUT2D eigenvalue weighted by atomic mass is 16.5. The molecule has 0 atom stereocenters. The Morgan fingerprint density at radius 1 is 1.43 bits per heavy atom. The maximum atomic E-state index is 5.18. The second-order valence-electron chi connectivity index (χ2n) is 4.51. The van der Waals surface area contributed by atoms with E-state index >= 15 is 0 Å². The first-order chi connectivity index (χ1) is 6.39. The molecule has 0 saturated carbocycles. The molecular formula is C10H17N3O. The minimum Gasteiger partial charge on any atom is -0.369 e. The van der Waals surface area contributed by atoms with Crippen molar-refractivity contribution in [1.29, 1.82) is 0 Å². The van der Waals surface area contributed by atoms with E-state index in [-0.39, 0.29) is 5.41 Å². The van der Waals surface area contributed by atoms with Crippen molar-refractivity contribution in [3.8, 4) is 0 Å². The summed E-state index contributed by atoms with van der Waals surface area (Å²) in [6.45, 7) is 6.23. The minimum atomic E-state index is -0.0150. The van der Waals surface area contributed by atoms with Crippen molar-refractivity contribution in [3.05, 3.63) is 11.8 Å². The molecule has 1 heterocycles. The molecule has 0 radical (unpaired) electrons. The maximum absolute atomic E-state index is 5.18. The van der Waals surface area contributed by atoms with Gasteiger partial charge in [-0.25, -0.2) is 4.99 Å². The molecule has 0 N–H and O–H groups in total. The predicted octanol–water partition coefficient (Wildman–Crippen LogP) is 2.19. The summed E-state index contributed by atoms with van der Waals surface area (Å²) in [5, 5.41) is 3.86. The highest BCUT2D eigenvalue weighted by Gasteiger charge is 2.19. The van der Waals surface area contributed by atoms with E-state index < -0.39 is 0 Å². The smallest absolute Gasteiger partial charge is 0.196 e. The van der Waals surface area contributed by atoms with Crippen LogP contribution in [-0.4, -0.2) is 30.5 Å². The monoisotopic (exact) mass is 195 g/mol. The van der Waals surface area contributed by atoms with Gasteiger partial charge in [0.25, 0.3) is 0 Å². The van der Waals surface area contributed by atoms with Crippen LogP contribution in [0.25, 0.3) is 0 Å². The van der Waals surface area contributed by atoms with Gasteiger partial charge in [0.2, 0.25) is 0 Å². The Hall–Kier alpha value is -1.32. The zero-order valence-electron chi connectivity index (χ0n) is 9.40. The van der Waals surface area contributed by atoms with Crippen molar-refractivity contribution in [2.45, 2.75) is 26.2 Å². The van der Waals surface area contributed by atoms with Gasteiger partial charge in [-0.3, -0.25) is 0 Å². The summed E-state index contributed by atoms with van der Waals surface area (Å²) in [5.74, 6) is 1.46. The van der Waals surface area contributed by atoms with Gasteiger partial charge in [0, 0.05) is 25.6 Å². The van der Waals surface area contributed by atoms with Crippen molar-refractivity contribution in [1.82, 2.24) is 10.1 Å². The van der Waals surface area contributed by atoms with Gasteiger partial charge in [0.05, 0.1) is 6.34 Å². The fourth-order valence-electron chi connectivity index (χ4n) is 0.855. The van der Waals surface area contributed by atoms with Crippen molar-refractivity contribution in [2.75, 3.05) is 14.1 Å². The third-order valence-corrected chi connectivity index (χ3v) is 1.66. The van der Waals surface area contributed by atoms with Crippen LogP contribution in [0.5, 0.6) is 0 Å². The first-order valence-electron chi connectivity index (χ1n) is 4.57. The van der Waals surface area contributed by atoms with Gasteiger partial charge in [-0.05, 0) is 0 Å². The lowest BCUT2D eigenvalue weighted by molar-refractivity contribution is 0.330. The van der Waals surface area contributed by atoms with Crippen LogP contribution in [-0.2, 0) is 5.41 Å². The Labute approximate surface area is 84.6 Å². The van der Waals surface area contributed by atoms with Gasteiger partial charge >= 0.3 is 0 Å². The fourth-order valence-corrected chi connectivity index (χ4v) is 0.855. The summed E-state index contributed by atoms with van der Waals surface area (Å²) in [4.78, 5) is 5.99. The fraction of sp³-hybridized carbons (Fsp3) is 0.600. The summed E-state index contributed by atoms with van der Waals surface area (Å²) in [6.07, 6.45) is 1.70. The molecule has 0 spiro atoms. The van der Waals surface area contributed by atoms with Gasteiger partial charge in [0.1, 0.15) is 5.76 Å². The van der Waals surface area contributed by atoms with Crippen LogP contribution in [0.15, 0.2) is 15.6 Å². The number of aliphatic imine (C=N–C) groups is 1. The molecule has 0 bridgehead atoms. The van der Waals surface area contributed by atoms with Gasteiger partial charge in [-0.1, -0.05) is 25.9 Å². The van der Waals surface area contributed by atoms with E-state index in [4.69, 9.17) is 4.52 Å². The van der Waals surface area contributed by atoms with Crippen LogP contribution in [0.2, 0.25) is 0 Å². The molecule has 0 fully saturated rings. The normalized spacial score (nSPS) is 12.4. The molecule has 78 valence electrons. The molecule has 1 rings (SSSR count). The van der Waals surface area contributed by atoms with E-state index in [0.717, 1.165) is 5.76 Å². The number of hydrogen-bond acceptors (Lipinski definition) is 3. The summed E-state index contributed by atoms with van der Waals surface area (Å²) < 4.78 is 5.18. The number of hydrogen-bond donors (Lipinski definition) is 0. The van der Waals surface area contributed by atoms with Crippen LogP contribution in [0.1, 0.15) is 26.5 Å². The van der Waals surface area contributed by atoms with E-state index in [9.17, 15) is 0 Å². The molecule has 1 aromatic heterocycles. The van der Waals surface area contributed by atoms with Crippen molar-refractivity contribution < 1.29 is 4.52 Å². The third kappa shape index (κ3) is 2.87. The average Bonchev–Trinajstić information content (AvgIpc) is 2.47. The molecule has 4 heteroatoms. The zero-order chi connectivity index (χ0) is 10.8. The first-order valence-corrected chi connectivity index (χ1v) is 4.57. The molecular weight excluding hydrogens is 178 g/mol. The average molecular weight is 195 g/mol. The molecule has 1 aromatic rings. The minimum absolute atomic E-state index is 0.0150. The third-order valence-electron chi connectivity index (χ3n) is 1.66. The summed E-state index contributed by atoms with van der Waals surface area (Å²) in [7, 11) is 3.82. The highest BCUT2D eigenvalue weighted by molar-refractivity contribution is 5.58. The lowest BCUT2D eigenvalue weighted by atomic mass is 9.93. The van der Waals surface area contributed by atoms with E-state index in [2.05, 4.69) is 30.9 Å². The van der Waals surface area contributed by atoms with E-state index in [1.165, 1.54) is 0 Å². The summed E-state index contributed by atoms with van der Waals surface area (Å²) in [5.41, 5.74) is -0.0150. The summed E-state index contributed by atoms with van der Waals surface area (Å²) >= 11 is 0. The Balaban J connectivity index is 2.79. The Kier molecular flexibility index (Phi) is 2.93. The SMILES string of the molecule is CN(C)C=Nc1cc(C(C)(C)C)on1. The van der Waals surface area contributed by atoms with E-state index in [1.54, 1.807) is 6.34 Å². The maximum Gasteiger partial charge on any atom is 0.196 e. The number of aromatic nitrogens is 1. The van der Waals surface area contributed by atoms with Gasteiger partial charge in [-0.2, -0.15) is 0 Å². The molecule has 0 unspecified atom stereocenters. The van der Waals surface area contributed by atoms with Crippen molar-refractivity contribution >= 4 is 12.2 Å². The molecule has 0 aromatic carbocycles. The first kappa shape index (κ1) is 10.8. The second-order valence-corrected chi connectivity index (χ2v) is 4.51. The van der Waals surface area contributed by atoms with Gasteiger partial charge < -0.3 is 9.42 Å². The van der Waals surface area contributed by atoms with Crippen LogP contribution < -0.4 is 0 Å². The zero-order valence-corrected chi connectivity index (χ0v) is 9.40. The van der Waals surface area contributed by atoms with E-state index in [0.29, 0.717) is 5.82 Å². The molecule has 0 aliphatic carbocycles. The molecule has 0 saturated heterocycles. The van der Waals surface area contributed by atoms with Crippen LogP contribution in [0.4, 0.5) is 5.82 Å². The quantitative estimate of drug-likeness (QED) is 0.536. The molecule has 0 aliphatic heterocycles. The molecule has 0 aliphatic rings. The largest absolute Gasteiger partial charge is 0.369 e. The second kappa shape index (κ2) is 3.82. The number of nitrogens with zero attached hydrogens (tertiary/aromatic N) is 3. The molecule has 0 amide bonds. The van der Waals surface area contributed by atoms with E-state index in [1.807, 2.05) is 25.1 Å². The topological polar surface area (TPSA) is 41.6 Å². The lowest BCUT2D eigenvalue weighted by Gasteiger charge is -2.11. The van der Waals surface area contributed by atoms with Gasteiger partial charge in [0.15, 0.2) is 5.82 Å². The van der Waals surface area contributed by atoms with Gasteiger partial charge in [-0.15, -0.1) is 0 Å². The van der Waals surface area contributed by atoms with Crippen molar-refractivity contribution in [3.63, 3.8) is 0 Å².